The zero-order valence-electron chi connectivity index (χ0n) is 11.8. The van der Waals surface area contributed by atoms with E-state index in [-0.39, 0.29) is 12.5 Å². The molecular weight excluding hydrogens is 260 g/mol. The Kier molecular flexibility index (Phi) is 6.52. The molecule has 0 radical (unpaired) electrons. The Morgan fingerprint density at radius 1 is 1.30 bits per heavy atom. The number of amides is 2. The third-order valence-corrected chi connectivity index (χ3v) is 2.81. The molecule has 0 spiro atoms. The van der Waals surface area contributed by atoms with E-state index in [2.05, 4.69) is 5.32 Å². The van der Waals surface area contributed by atoms with E-state index in [0.29, 0.717) is 25.3 Å². The van der Waals surface area contributed by atoms with Crippen LogP contribution in [0.1, 0.15) is 12.0 Å². The van der Waals surface area contributed by atoms with Crippen molar-refractivity contribution in [3.05, 3.63) is 29.8 Å². The molecule has 0 bridgehead atoms. The second-order valence-corrected chi connectivity index (χ2v) is 4.44. The van der Waals surface area contributed by atoms with Crippen LogP contribution in [0.15, 0.2) is 24.3 Å². The molecule has 1 aromatic rings. The SMILES string of the molecule is COCCN(C)C(=O)Nc1ccc(CCC(=O)O)cc1. The van der Waals surface area contributed by atoms with Gasteiger partial charge in [0.1, 0.15) is 0 Å². The van der Waals surface area contributed by atoms with Gasteiger partial charge in [-0.15, -0.1) is 0 Å². The Bertz CT molecular complexity index is 445. The molecule has 0 saturated carbocycles. The van der Waals surface area contributed by atoms with E-state index in [9.17, 15) is 9.59 Å². The molecule has 2 N–H and O–H groups in total. The van der Waals surface area contributed by atoms with E-state index in [0.717, 1.165) is 5.56 Å². The van der Waals surface area contributed by atoms with Crippen molar-refractivity contribution in [1.82, 2.24) is 4.90 Å². The maximum Gasteiger partial charge on any atom is 0.321 e. The predicted octanol–water partition coefficient (Wildman–Crippen LogP) is 1.81. The maximum atomic E-state index is 11.8. The van der Waals surface area contributed by atoms with Crippen LogP contribution in [-0.4, -0.2) is 49.3 Å². The highest BCUT2D eigenvalue weighted by molar-refractivity contribution is 5.89. The molecule has 0 aliphatic heterocycles. The first-order valence-electron chi connectivity index (χ1n) is 6.34. The molecule has 0 aliphatic carbocycles. The van der Waals surface area contributed by atoms with Gasteiger partial charge >= 0.3 is 12.0 Å². The van der Waals surface area contributed by atoms with Crippen molar-refractivity contribution < 1.29 is 19.4 Å². The van der Waals surface area contributed by atoms with Crippen LogP contribution >= 0.6 is 0 Å². The number of likely N-dealkylation sites (N-methyl/N-ethyl adjacent to an activating group) is 1. The number of rotatable bonds is 7. The van der Waals surface area contributed by atoms with E-state index in [1.807, 2.05) is 12.1 Å². The van der Waals surface area contributed by atoms with Crippen molar-refractivity contribution in [3.63, 3.8) is 0 Å². The molecule has 0 heterocycles. The number of carbonyl (C=O) groups excluding carboxylic acids is 1. The van der Waals surface area contributed by atoms with Gasteiger partial charge in [-0.3, -0.25) is 4.79 Å². The number of urea groups is 1. The number of carboxylic acid groups (broad SMARTS) is 1. The molecule has 1 aromatic carbocycles. The van der Waals surface area contributed by atoms with Crippen LogP contribution in [0.2, 0.25) is 0 Å². The minimum Gasteiger partial charge on any atom is -0.481 e. The zero-order valence-corrected chi connectivity index (χ0v) is 11.8. The Morgan fingerprint density at radius 2 is 1.95 bits per heavy atom. The molecule has 2 amide bonds. The Balaban J connectivity index is 2.48. The van der Waals surface area contributed by atoms with Crippen molar-refractivity contribution in [2.45, 2.75) is 12.8 Å². The van der Waals surface area contributed by atoms with Crippen LogP contribution < -0.4 is 5.32 Å². The van der Waals surface area contributed by atoms with E-state index >= 15 is 0 Å². The summed E-state index contributed by atoms with van der Waals surface area (Å²) in [6.45, 7) is 0.997. The van der Waals surface area contributed by atoms with Gasteiger partial charge in [0.2, 0.25) is 0 Å². The summed E-state index contributed by atoms with van der Waals surface area (Å²) in [5.41, 5.74) is 1.61. The number of aryl methyl sites for hydroxylation is 1. The Labute approximate surface area is 118 Å². The average Bonchev–Trinajstić information content (AvgIpc) is 2.43. The van der Waals surface area contributed by atoms with E-state index in [1.54, 1.807) is 26.3 Å². The summed E-state index contributed by atoms with van der Waals surface area (Å²) in [5.74, 6) is -0.817. The number of hydrogen-bond acceptors (Lipinski definition) is 3. The van der Waals surface area contributed by atoms with Crippen molar-refractivity contribution in [3.8, 4) is 0 Å². The summed E-state index contributed by atoms with van der Waals surface area (Å²) in [5, 5.41) is 11.4. The molecule has 6 heteroatoms. The van der Waals surface area contributed by atoms with Crippen LogP contribution in [0.4, 0.5) is 10.5 Å². The van der Waals surface area contributed by atoms with Crippen LogP contribution in [0.3, 0.4) is 0 Å². The maximum absolute atomic E-state index is 11.8. The number of aliphatic carboxylic acids is 1. The number of carboxylic acids is 1. The first kappa shape index (κ1) is 16.0. The molecule has 0 fully saturated rings. The lowest BCUT2D eigenvalue weighted by Crippen LogP contribution is -2.33. The third kappa shape index (κ3) is 5.71. The number of ether oxygens (including phenoxy) is 1. The summed E-state index contributed by atoms with van der Waals surface area (Å²) in [6.07, 6.45) is 0.586. The van der Waals surface area contributed by atoms with Gasteiger partial charge in [0.05, 0.1) is 6.61 Å². The lowest BCUT2D eigenvalue weighted by Gasteiger charge is -2.17. The summed E-state index contributed by atoms with van der Waals surface area (Å²) in [4.78, 5) is 23.8. The van der Waals surface area contributed by atoms with Crippen molar-refractivity contribution >= 4 is 17.7 Å². The number of nitrogens with one attached hydrogen (secondary N) is 1. The molecule has 0 atom stereocenters. The van der Waals surface area contributed by atoms with E-state index in [4.69, 9.17) is 9.84 Å². The number of anilines is 1. The van der Waals surface area contributed by atoms with Crippen molar-refractivity contribution in [1.29, 1.82) is 0 Å². The van der Waals surface area contributed by atoms with Gasteiger partial charge in [-0.25, -0.2) is 4.79 Å². The summed E-state index contributed by atoms with van der Waals surface area (Å²) < 4.78 is 4.91. The van der Waals surface area contributed by atoms with Gasteiger partial charge in [-0.2, -0.15) is 0 Å². The van der Waals surface area contributed by atoms with Gasteiger partial charge in [0.15, 0.2) is 0 Å². The number of benzene rings is 1. The van der Waals surface area contributed by atoms with Crippen LogP contribution in [-0.2, 0) is 16.0 Å². The summed E-state index contributed by atoms with van der Waals surface area (Å²) in [7, 11) is 3.27. The molecule has 0 saturated heterocycles. The molecule has 1 rings (SSSR count). The summed E-state index contributed by atoms with van der Waals surface area (Å²) >= 11 is 0. The molecule has 0 aromatic heterocycles. The zero-order chi connectivity index (χ0) is 15.0. The minimum absolute atomic E-state index is 0.103. The lowest BCUT2D eigenvalue weighted by molar-refractivity contribution is -0.136. The second-order valence-electron chi connectivity index (χ2n) is 4.44. The number of hydrogen-bond donors (Lipinski definition) is 2. The molecule has 6 nitrogen and oxygen atoms in total. The highest BCUT2D eigenvalue weighted by atomic mass is 16.5. The fourth-order valence-electron chi connectivity index (χ4n) is 1.55. The molecule has 0 aliphatic rings. The average molecular weight is 280 g/mol. The minimum atomic E-state index is -0.817. The normalized spacial score (nSPS) is 10.1. The third-order valence-electron chi connectivity index (χ3n) is 2.81. The van der Waals surface area contributed by atoms with Crippen molar-refractivity contribution in [2.24, 2.45) is 0 Å². The molecule has 110 valence electrons. The van der Waals surface area contributed by atoms with Gasteiger partial charge < -0.3 is 20.1 Å². The lowest BCUT2D eigenvalue weighted by atomic mass is 10.1. The number of nitrogens with zero attached hydrogens (tertiary/aromatic N) is 1. The highest BCUT2D eigenvalue weighted by Crippen LogP contribution is 2.11. The second kappa shape index (κ2) is 8.16. The fraction of sp³-hybridized carbons (Fsp3) is 0.429. The Morgan fingerprint density at radius 3 is 2.50 bits per heavy atom. The number of carbonyl (C=O) groups is 2. The number of methoxy groups -OCH3 is 1. The van der Waals surface area contributed by atoms with Crippen LogP contribution in [0.5, 0.6) is 0 Å². The highest BCUT2D eigenvalue weighted by Gasteiger charge is 2.08. The van der Waals surface area contributed by atoms with E-state index < -0.39 is 5.97 Å². The van der Waals surface area contributed by atoms with Gasteiger partial charge in [-0.05, 0) is 24.1 Å². The van der Waals surface area contributed by atoms with Gasteiger partial charge in [-0.1, -0.05) is 12.1 Å². The van der Waals surface area contributed by atoms with Gasteiger partial charge in [0.25, 0.3) is 0 Å². The predicted molar refractivity (Wildman–Crippen MR) is 75.9 cm³/mol. The quantitative estimate of drug-likeness (QED) is 0.798. The Hall–Kier alpha value is -2.08. The largest absolute Gasteiger partial charge is 0.481 e. The standard InChI is InChI=1S/C14H20N2O4/c1-16(9-10-20-2)14(19)15-12-6-3-11(4-7-12)5-8-13(17)18/h3-4,6-7H,5,8-10H2,1-2H3,(H,15,19)(H,17,18). The van der Waals surface area contributed by atoms with Gasteiger partial charge in [0, 0.05) is 32.8 Å². The molecule has 20 heavy (non-hydrogen) atoms. The molecule has 0 unspecified atom stereocenters. The molecular formula is C14H20N2O4. The fourth-order valence-corrected chi connectivity index (χ4v) is 1.55. The smallest absolute Gasteiger partial charge is 0.321 e. The first-order valence-corrected chi connectivity index (χ1v) is 6.34. The topological polar surface area (TPSA) is 78.9 Å². The van der Waals surface area contributed by atoms with E-state index in [1.165, 1.54) is 4.90 Å². The van der Waals surface area contributed by atoms with Crippen LogP contribution in [0, 0.1) is 0 Å². The van der Waals surface area contributed by atoms with Crippen molar-refractivity contribution in [2.75, 3.05) is 32.6 Å². The first-order chi connectivity index (χ1) is 9.52. The monoisotopic (exact) mass is 280 g/mol. The summed E-state index contributed by atoms with van der Waals surface area (Å²) in [6, 6.07) is 6.94. The van der Waals surface area contributed by atoms with Crippen LogP contribution in [0.25, 0.3) is 0 Å².